The van der Waals surface area contributed by atoms with Crippen LogP contribution in [0.25, 0.3) is 11.3 Å². The fraction of sp³-hybridized carbons (Fsp3) is 0.250. The van der Waals surface area contributed by atoms with Gasteiger partial charge in [-0.25, -0.2) is 0 Å². The van der Waals surface area contributed by atoms with Gasteiger partial charge < -0.3 is 4.42 Å². The van der Waals surface area contributed by atoms with Gasteiger partial charge >= 0.3 is 5.89 Å². The minimum Gasteiger partial charge on any atom is -0.401 e. The molecule has 0 aliphatic rings. The molecule has 0 amide bonds. The minimum atomic E-state index is 0.920. The second kappa shape index (κ2) is 3.66. The Morgan fingerprint density at radius 1 is 1.21 bits per heavy atom. The molecule has 2 rings (SSSR count). The molecule has 1 aromatic heterocycles. The van der Waals surface area contributed by atoms with Gasteiger partial charge in [0.15, 0.2) is 0 Å². The molecule has 0 N–H and O–H groups in total. The lowest BCUT2D eigenvalue weighted by Gasteiger charge is -1.90. The molecule has 0 saturated heterocycles. The number of oxazole rings is 1. The Balaban J connectivity index is 2.43. The Labute approximate surface area is 83.8 Å². The van der Waals surface area contributed by atoms with Crippen molar-refractivity contribution in [1.29, 1.82) is 0 Å². The van der Waals surface area contributed by atoms with E-state index in [0.29, 0.717) is 0 Å². The van der Waals surface area contributed by atoms with Crippen LogP contribution in [0.3, 0.4) is 0 Å². The average molecular weight is 188 g/mol. The van der Waals surface area contributed by atoms with Gasteiger partial charge in [0.25, 0.3) is 0 Å². The molecule has 0 saturated carbocycles. The summed E-state index contributed by atoms with van der Waals surface area (Å²) >= 11 is 0. The van der Waals surface area contributed by atoms with E-state index in [-0.39, 0.29) is 0 Å². The third-order valence-electron chi connectivity index (χ3n) is 2.29. The first-order valence-corrected chi connectivity index (χ1v) is 4.85. The summed E-state index contributed by atoms with van der Waals surface area (Å²) in [5, 5.41) is 0. The number of rotatable bonds is 2. The third-order valence-corrected chi connectivity index (χ3v) is 2.29. The summed E-state index contributed by atoms with van der Waals surface area (Å²) in [6, 6.07) is 10.1. The van der Waals surface area contributed by atoms with Gasteiger partial charge in [-0.2, -0.15) is 4.57 Å². The van der Waals surface area contributed by atoms with E-state index in [0.717, 1.165) is 23.6 Å². The molecule has 0 spiro atoms. The van der Waals surface area contributed by atoms with Crippen LogP contribution in [-0.2, 0) is 13.5 Å². The molecule has 0 fully saturated rings. The number of hydrogen-bond acceptors (Lipinski definition) is 1. The maximum Gasteiger partial charge on any atom is 0.346 e. The molecular formula is C12H14NO+. The van der Waals surface area contributed by atoms with Crippen LogP contribution in [0, 0.1) is 0 Å². The molecule has 2 heteroatoms. The van der Waals surface area contributed by atoms with Crippen LogP contribution in [0.15, 0.2) is 40.9 Å². The Hall–Kier alpha value is -1.57. The summed E-state index contributed by atoms with van der Waals surface area (Å²) in [7, 11) is 2.01. The van der Waals surface area contributed by atoms with Crippen molar-refractivity contribution in [3.63, 3.8) is 0 Å². The van der Waals surface area contributed by atoms with Crippen molar-refractivity contribution in [2.24, 2.45) is 7.05 Å². The van der Waals surface area contributed by atoms with Crippen LogP contribution in [-0.4, -0.2) is 0 Å². The zero-order valence-electron chi connectivity index (χ0n) is 8.53. The molecule has 0 radical (unpaired) electrons. The average Bonchev–Trinajstić information content (AvgIpc) is 2.61. The molecule has 2 nitrogen and oxygen atoms in total. The van der Waals surface area contributed by atoms with Crippen molar-refractivity contribution >= 4 is 0 Å². The van der Waals surface area contributed by atoms with E-state index < -0.39 is 0 Å². The highest BCUT2D eigenvalue weighted by Gasteiger charge is 2.14. The zero-order valence-corrected chi connectivity index (χ0v) is 8.53. The molecule has 0 aliphatic carbocycles. The molecule has 2 aromatic rings. The van der Waals surface area contributed by atoms with E-state index in [1.54, 1.807) is 0 Å². The summed E-state index contributed by atoms with van der Waals surface area (Å²) in [5.74, 6) is 1.94. The molecular weight excluding hydrogens is 174 g/mol. The van der Waals surface area contributed by atoms with Gasteiger partial charge in [0.2, 0.25) is 12.0 Å². The van der Waals surface area contributed by atoms with Gasteiger partial charge in [-0.3, -0.25) is 0 Å². The zero-order chi connectivity index (χ0) is 9.97. The fourth-order valence-corrected chi connectivity index (χ4v) is 1.53. The second-order valence-electron chi connectivity index (χ2n) is 3.32. The normalized spacial score (nSPS) is 10.4. The largest absolute Gasteiger partial charge is 0.401 e. The van der Waals surface area contributed by atoms with E-state index in [4.69, 9.17) is 4.42 Å². The molecule has 0 aliphatic heterocycles. The van der Waals surface area contributed by atoms with Crippen molar-refractivity contribution in [3.8, 4) is 11.3 Å². The van der Waals surface area contributed by atoms with Crippen LogP contribution in [0.2, 0.25) is 0 Å². The monoisotopic (exact) mass is 188 g/mol. The first kappa shape index (κ1) is 9.00. The van der Waals surface area contributed by atoms with E-state index >= 15 is 0 Å². The molecule has 14 heavy (non-hydrogen) atoms. The molecule has 0 bridgehead atoms. The molecule has 1 heterocycles. The summed E-state index contributed by atoms with van der Waals surface area (Å²) in [6.45, 7) is 2.09. The standard InChI is InChI=1S/C12H14NO/c1-3-12-13(2)9-11(14-12)10-7-5-4-6-8-10/h4-9H,3H2,1-2H3/q+1. The quantitative estimate of drug-likeness (QED) is 0.661. The number of benzene rings is 1. The predicted molar refractivity (Wildman–Crippen MR) is 54.7 cm³/mol. The van der Waals surface area contributed by atoms with Gasteiger partial charge in [-0.1, -0.05) is 37.3 Å². The summed E-state index contributed by atoms with van der Waals surface area (Å²) < 4.78 is 7.74. The Morgan fingerprint density at radius 2 is 1.93 bits per heavy atom. The van der Waals surface area contributed by atoms with Crippen LogP contribution < -0.4 is 4.57 Å². The maximum atomic E-state index is 5.71. The number of hydrogen-bond donors (Lipinski definition) is 0. The lowest BCUT2D eigenvalue weighted by atomic mass is 10.2. The SMILES string of the molecule is CCc1oc(-c2ccccc2)c[n+]1C. The van der Waals surface area contributed by atoms with Gasteiger partial charge in [-0.05, 0) is 0 Å². The highest BCUT2D eigenvalue weighted by molar-refractivity contribution is 5.54. The van der Waals surface area contributed by atoms with Crippen LogP contribution >= 0.6 is 0 Å². The lowest BCUT2D eigenvalue weighted by molar-refractivity contribution is -0.682. The number of aromatic nitrogens is 1. The highest BCUT2D eigenvalue weighted by atomic mass is 16.4. The minimum absolute atomic E-state index is 0.920. The van der Waals surface area contributed by atoms with Crippen molar-refractivity contribution in [1.82, 2.24) is 0 Å². The summed E-state index contributed by atoms with van der Waals surface area (Å²) in [5.41, 5.74) is 1.13. The Kier molecular flexibility index (Phi) is 2.35. The van der Waals surface area contributed by atoms with E-state index in [2.05, 4.69) is 19.1 Å². The van der Waals surface area contributed by atoms with Gasteiger partial charge in [0, 0.05) is 5.56 Å². The van der Waals surface area contributed by atoms with Crippen molar-refractivity contribution in [2.75, 3.05) is 0 Å². The van der Waals surface area contributed by atoms with Crippen LogP contribution in [0.1, 0.15) is 12.8 Å². The third kappa shape index (κ3) is 1.55. The highest BCUT2D eigenvalue weighted by Crippen LogP contribution is 2.18. The van der Waals surface area contributed by atoms with Crippen LogP contribution in [0.4, 0.5) is 0 Å². The first-order chi connectivity index (χ1) is 6.81. The van der Waals surface area contributed by atoms with Gasteiger partial charge in [0.05, 0.1) is 6.42 Å². The Bertz CT molecular complexity index is 417. The molecule has 72 valence electrons. The molecule has 1 aromatic carbocycles. The molecule has 0 unspecified atom stereocenters. The second-order valence-corrected chi connectivity index (χ2v) is 3.32. The van der Waals surface area contributed by atoms with E-state index in [1.807, 2.05) is 36.0 Å². The topological polar surface area (TPSA) is 17.0 Å². The van der Waals surface area contributed by atoms with E-state index in [1.165, 1.54) is 0 Å². The number of aryl methyl sites for hydroxylation is 2. The van der Waals surface area contributed by atoms with Gasteiger partial charge in [0.1, 0.15) is 7.05 Å². The predicted octanol–water partition coefficient (Wildman–Crippen LogP) is 2.33. The fourth-order valence-electron chi connectivity index (χ4n) is 1.53. The van der Waals surface area contributed by atoms with Crippen LogP contribution in [0.5, 0.6) is 0 Å². The number of nitrogens with zero attached hydrogens (tertiary/aromatic N) is 1. The first-order valence-electron chi connectivity index (χ1n) is 4.85. The summed E-state index contributed by atoms with van der Waals surface area (Å²) in [6.07, 6.45) is 2.94. The summed E-state index contributed by atoms with van der Waals surface area (Å²) in [4.78, 5) is 0. The van der Waals surface area contributed by atoms with Gasteiger partial charge in [-0.15, -0.1) is 0 Å². The van der Waals surface area contributed by atoms with Crippen molar-refractivity contribution in [2.45, 2.75) is 13.3 Å². The Morgan fingerprint density at radius 3 is 2.50 bits per heavy atom. The van der Waals surface area contributed by atoms with E-state index in [9.17, 15) is 0 Å². The van der Waals surface area contributed by atoms with Crippen molar-refractivity contribution in [3.05, 3.63) is 42.4 Å². The maximum absolute atomic E-state index is 5.71. The molecule has 0 atom stereocenters. The van der Waals surface area contributed by atoms with Crippen molar-refractivity contribution < 1.29 is 8.98 Å². The lowest BCUT2D eigenvalue weighted by Crippen LogP contribution is -2.29. The smallest absolute Gasteiger partial charge is 0.346 e.